The molecule has 1 atom stereocenters. The number of fused-ring (bicyclic) bond motifs is 1. The van der Waals surface area contributed by atoms with Crippen molar-refractivity contribution in [1.29, 1.82) is 0 Å². The van der Waals surface area contributed by atoms with Gasteiger partial charge in [0.1, 0.15) is 5.82 Å². The third kappa shape index (κ3) is 5.58. The maximum atomic E-state index is 13.7. The number of esters is 2. The van der Waals surface area contributed by atoms with Crippen molar-refractivity contribution >= 4 is 51.9 Å². The highest BCUT2D eigenvalue weighted by molar-refractivity contribution is 14.1. The van der Waals surface area contributed by atoms with Crippen molar-refractivity contribution in [1.82, 2.24) is 4.57 Å². The highest BCUT2D eigenvalue weighted by Gasteiger charge is 2.33. The summed E-state index contributed by atoms with van der Waals surface area (Å²) in [7, 11) is 0. The van der Waals surface area contributed by atoms with E-state index in [1.54, 1.807) is 44.2 Å². The summed E-state index contributed by atoms with van der Waals surface area (Å²) >= 11 is 3.21. The first kappa shape index (κ1) is 27.7. The van der Waals surface area contributed by atoms with Gasteiger partial charge in [0.15, 0.2) is 16.3 Å². The molecule has 8 nitrogen and oxygen atoms in total. The number of thiazole rings is 1. The molecule has 4 rings (SSSR count). The van der Waals surface area contributed by atoms with Crippen molar-refractivity contribution < 1.29 is 28.2 Å². The van der Waals surface area contributed by atoms with Gasteiger partial charge >= 0.3 is 11.9 Å². The van der Waals surface area contributed by atoms with Crippen LogP contribution in [0.4, 0.5) is 4.39 Å². The van der Waals surface area contributed by atoms with Crippen molar-refractivity contribution in [2.75, 3.05) is 13.2 Å². The highest BCUT2D eigenvalue weighted by atomic mass is 127. The lowest BCUT2D eigenvalue weighted by Crippen LogP contribution is -2.39. The molecule has 11 heteroatoms. The summed E-state index contributed by atoms with van der Waals surface area (Å²) in [6, 6.07) is 8.27. The van der Waals surface area contributed by atoms with Crippen LogP contribution in [-0.2, 0) is 14.3 Å². The van der Waals surface area contributed by atoms with Crippen molar-refractivity contribution in [3.05, 3.63) is 87.9 Å². The van der Waals surface area contributed by atoms with Crippen LogP contribution in [0.1, 0.15) is 44.9 Å². The van der Waals surface area contributed by atoms with Crippen LogP contribution in [-0.4, -0.2) is 29.7 Å². The van der Waals surface area contributed by atoms with Gasteiger partial charge in [-0.2, -0.15) is 0 Å². The van der Waals surface area contributed by atoms with Crippen molar-refractivity contribution in [3.63, 3.8) is 0 Å². The first-order valence-corrected chi connectivity index (χ1v) is 13.6. The number of nitrogens with zero attached hydrogens (tertiary/aromatic N) is 2. The molecule has 3 aromatic rings. The Balaban J connectivity index is 1.91. The Morgan fingerprint density at radius 3 is 2.53 bits per heavy atom. The number of carbonyl (C=O) groups excluding carboxylic acids is 2. The van der Waals surface area contributed by atoms with Gasteiger partial charge < -0.3 is 14.2 Å². The summed E-state index contributed by atoms with van der Waals surface area (Å²) in [5.74, 6) is -0.813. The molecule has 0 fully saturated rings. The monoisotopic (exact) mass is 650 g/mol. The predicted molar refractivity (Wildman–Crippen MR) is 148 cm³/mol. The van der Waals surface area contributed by atoms with E-state index in [4.69, 9.17) is 14.2 Å². The molecular weight excluding hydrogens is 626 g/mol. The van der Waals surface area contributed by atoms with E-state index >= 15 is 0 Å². The lowest BCUT2D eigenvalue weighted by molar-refractivity contribution is -0.139. The zero-order valence-electron chi connectivity index (χ0n) is 21.0. The third-order valence-corrected chi connectivity index (χ3v) is 7.36. The number of benzene rings is 2. The highest BCUT2D eigenvalue weighted by Crippen LogP contribution is 2.35. The van der Waals surface area contributed by atoms with Crippen molar-refractivity contribution in [2.45, 2.75) is 33.7 Å². The van der Waals surface area contributed by atoms with E-state index in [2.05, 4.69) is 4.99 Å². The van der Waals surface area contributed by atoms with Gasteiger partial charge in [-0.05, 0) is 84.8 Å². The smallest absolute Gasteiger partial charge is 0.338 e. The molecule has 0 bridgehead atoms. The molecule has 38 heavy (non-hydrogen) atoms. The molecule has 0 saturated heterocycles. The molecule has 0 N–H and O–H groups in total. The van der Waals surface area contributed by atoms with E-state index in [0.717, 1.165) is 0 Å². The number of hydrogen-bond donors (Lipinski definition) is 0. The van der Waals surface area contributed by atoms with E-state index < -0.39 is 23.8 Å². The fourth-order valence-electron chi connectivity index (χ4n) is 4.08. The summed E-state index contributed by atoms with van der Waals surface area (Å²) < 4.78 is 32.4. The molecule has 2 aromatic carbocycles. The second-order valence-electron chi connectivity index (χ2n) is 8.21. The van der Waals surface area contributed by atoms with Gasteiger partial charge in [-0.25, -0.2) is 14.2 Å². The van der Waals surface area contributed by atoms with E-state index in [1.807, 2.05) is 29.5 Å². The average molecular weight is 650 g/mol. The van der Waals surface area contributed by atoms with Crippen LogP contribution in [0.15, 0.2) is 57.5 Å². The molecule has 0 aliphatic carbocycles. The molecule has 0 spiro atoms. The first-order chi connectivity index (χ1) is 18.1. The Bertz CT molecular complexity index is 1620. The van der Waals surface area contributed by atoms with Crippen LogP contribution in [0.25, 0.3) is 6.08 Å². The molecule has 1 aromatic heterocycles. The fourth-order valence-corrected chi connectivity index (χ4v) is 5.86. The van der Waals surface area contributed by atoms with Gasteiger partial charge in [-0.3, -0.25) is 14.2 Å². The lowest BCUT2D eigenvalue weighted by atomic mass is 9.96. The summed E-state index contributed by atoms with van der Waals surface area (Å²) in [5.41, 5.74) is 1.48. The largest absolute Gasteiger partial charge is 0.490 e. The SMILES string of the molecule is CCOC(=O)C1=C(C)N=c2s/c(=C\c3cc(I)c(OC(C)=O)c(OCC)c3)c(=O)n2[C@@H]1c1ccc(F)cc1. The van der Waals surface area contributed by atoms with Crippen LogP contribution in [0.2, 0.25) is 0 Å². The van der Waals surface area contributed by atoms with Crippen molar-refractivity contribution in [3.8, 4) is 11.5 Å². The normalized spacial score (nSPS) is 15.1. The minimum atomic E-state index is -0.835. The standard InChI is InChI=1S/C27H24FIN2O6S/c1-5-35-20-12-16(11-19(29)24(20)37-15(4)32)13-21-25(33)31-23(17-7-9-18(28)10-8-17)22(26(34)36-6-2)14(3)30-27(31)38-21/h7-13,23H,5-6H2,1-4H3/b21-13-/t23-/m1/s1. The second-order valence-corrected chi connectivity index (χ2v) is 10.4. The molecule has 0 radical (unpaired) electrons. The zero-order chi connectivity index (χ0) is 27.6. The fraction of sp³-hybridized carbons (Fsp3) is 0.259. The molecule has 1 aliphatic rings. The van der Waals surface area contributed by atoms with Gasteiger partial charge in [-0.15, -0.1) is 0 Å². The van der Waals surface area contributed by atoms with E-state index in [0.29, 0.717) is 47.8 Å². The van der Waals surface area contributed by atoms with Gasteiger partial charge in [0.2, 0.25) is 0 Å². The quantitative estimate of drug-likeness (QED) is 0.219. The minimum absolute atomic E-state index is 0.153. The number of hydrogen-bond acceptors (Lipinski definition) is 8. The summed E-state index contributed by atoms with van der Waals surface area (Å²) in [4.78, 5) is 43.2. The summed E-state index contributed by atoms with van der Waals surface area (Å²) in [6.07, 6.45) is 1.69. The third-order valence-electron chi connectivity index (χ3n) is 5.58. The number of carbonyl (C=O) groups is 2. The Labute approximate surface area is 235 Å². The van der Waals surface area contributed by atoms with Crippen molar-refractivity contribution in [2.24, 2.45) is 4.99 Å². The van der Waals surface area contributed by atoms with Gasteiger partial charge in [0.05, 0.1) is 38.6 Å². The molecule has 1 aliphatic heterocycles. The number of halogens is 2. The molecule has 2 heterocycles. The van der Waals surface area contributed by atoms with E-state index in [9.17, 15) is 18.8 Å². The van der Waals surface area contributed by atoms with Gasteiger partial charge in [-0.1, -0.05) is 23.5 Å². The number of allylic oxidation sites excluding steroid dienone is 1. The van der Waals surface area contributed by atoms with Gasteiger partial charge in [0.25, 0.3) is 5.56 Å². The van der Waals surface area contributed by atoms with Crippen LogP contribution in [0.3, 0.4) is 0 Å². The Kier molecular flexibility index (Phi) is 8.46. The van der Waals surface area contributed by atoms with Crippen LogP contribution >= 0.6 is 33.9 Å². The Morgan fingerprint density at radius 2 is 1.89 bits per heavy atom. The predicted octanol–water partition coefficient (Wildman–Crippen LogP) is 3.87. The first-order valence-electron chi connectivity index (χ1n) is 11.7. The number of aromatic nitrogens is 1. The van der Waals surface area contributed by atoms with Gasteiger partial charge in [0, 0.05) is 6.92 Å². The number of rotatable bonds is 7. The van der Waals surface area contributed by atoms with Crippen LogP contribution in [0.5, 0.6) is 11.5 Å². The summed E-state index contributed by atoms with van der Waals surface area (Å²) in [5, 5.41) is 0. The molecule has 0 saturated carbocycles. The lowest BCUT2D eigenvalue weighted by Gasteiger charge is -2.24. The molecular formula is C27H24FIN2O6S. The Hall–Kier alpha value is -3.32. The van der Waals surface area contributed by atoms with E-state index in [1.165, 1.54) is 35.0 Å². The number of ether oxygens (including phenoxy) is 3. The molecule has 198 valence electrons. The molecule has 0 unspecified atom stereocenters. The van der Waals surface area contributed by atoms with Crippen LogP contribution in [0, 0.1) is 9.39 Å². The molecule has 0 amide bonds. The topological polar surface area (TPSA) is 96.2 Å². The summed E-state index contributed by atoms with van der Waals surface area (Å²) in [6.45, 7) is 7.01. The van der Waals surface area contributed by atoms with E-state index in [-0.39, 0.29) is 17.7 Å². The minimum Gasteiger partial charge on any atom is -0.490 e. The van der Waals surface area contributed by atoms with Crippen LogP contribution < -0.4 is 24.4 Å². The second kappa shape index (κ2) is 11.6. The zero-order valence-corrected chi connectivity index (χ0v) is 24.0. The Morgan fingerprint density at radius 1 is 1.18 bits per heavy atom. The maximum absolute atomic E-state index is 13.7. The maximum Gasteiger partial charge on any atom is 0.338 e. The average Bonchev–Trinajstić information content (AvgIpc) is 3.15.